The Hall–Kier alpha value is -2.37. The molecule has 0 heterocycles. The van der Waals surface area contributed by atoms with Gasteiger partial charge in [0.25, 0.3) is 5.91 Å². The monoisotopic (exact) mass is 395 g/mol. The first-order chi connectivity index (χ1) is 12.4. The lowest BCUT2D eigenvalue weighted by Crippen LogP contribution is -2.30. The molecule has 26 heavy (non-hydrogen) atoms. The van der Waals surface area contributed by atoms with Gasteiger partial charge in [-0.3, -0.25) is 4.79 Å². The number of carbonyl (C=O) groups is 2. The maximum atomic E-state index is 12.8. The third kappa shape index (κ3) is 6.86. The second-order valence-corrected chi connectivity index (χ2v) is 6.17. The number of ether oxygens (including phenoxy) is 1. The van der Waals surface area contributed by atoms with Crippen LogP contribution in [0.3, 0.4) is 0 Å². The Labute approximate surface area is 160 Å². The third-order valence-electron chi connectivity index (χ3n) is 3.36. The highest BCUT2D eigenvalue weighted by atomic mass is 35.5. The molecular formula is C19H16Cl2FNO3. The molecule has 136 valence electrons. The molecule has 0 atom stereocenters. The van der Waals surface area contributed by atoms with Gasteiger partial charge in [-0.05, 0) is 47.9 Å². The number of benzene rings is 2. The van der Waals surface area contributed by atoms with Crippen LogP contribution in [0.5, 0.6) is 0 Å². The van der Waals surface area contributed by atoms with Crippen molar-refractivity contribution in [2.75, 3.05) is 13.2 Å². The van der Waals surface area contributed by atoms with Gasteiger partial charge in [-0.2, -0.15) is 0 Å². The minimum absolute atomic E-state index is 0.350. The molecule has 0 saturated heterocycles. The summed E-state index contributed by atoms with van der Waals surface area (Å²) in [5.74, 6) is -1.44. The van der Waals surface area contributed by atoms with Crippen LogP contribution in [0, 0.1) is 5.82 Å². The maximum Gasteiger partial charge on any atom is 0.331 e. The molecule has 0 bridgehead atoms. The van der Waals surface area contributed by atoms with Gasteiger partial charge in [0.05, 0.1) is 0 Å². The van der Waals surface area contributed by atoms with E-state index < -0.39 is 11.9 Å². The minimum atomic E-state index is -0.662. The van der Waals surface area contributed by atoms with Crippen LogP contribution in [0.25, 0.3) is 6.08 Å². The van der Waals surface area contributed by atoms with Crippen LogP contribution < -0.4 is 5.32 Å². The highest BCUT2D eigenvalue weighted by molar-refractivity contribution is 6.35. The number of nitrogens with one attached hydrogen (secondary N) is 1. The molecule has 0 aliphatic rings. The second-order valence-electron chi connectivity index (χ2n) is 5.33. The summed E-state index contributed by atoms with van der Waals surface area (Å²) < 4.78 is 17.6. The number of esters is 1. The molecule has 2 aromatic rings. The summed E-state index contributed by atoms with van der Waals surface area (Å²) in [6.07, 6.45) is 3.18. The molecule has 0 aromatic heterocycles. The average Bonchev–Trinajstić information content (AvgIpc) is 2.61. The van der Waals surface area contributed by atoms with Gasteiger partial charge >= 0.3 is 5.97 Å². The first kappa shape index (κ1) is 19.9. The molecule has 0 fully saturated rings. The van der Waals surface area contributed by atoms with Crippen molar-refractivity contribution in [2.45, 2.75) is 6.42 Å². The first-order valence-electron chi connectivity index (χ1n) is 7.75. The van der Waals surface area contributed by atoms with E-state index in [2.05, 4.69) is 5.32 Å². The molecule has 0 unspecified atom stereocenters. The highest BCUT2D eigenvalue weighted by Gasteiger charge is 2.06. The van der Waals surface area contributed by atoms with Crippen molar-refractivity contribution in [1.29, 1.82) is 0 Å². The Morgan fingerprint density at radius 1 is 1.12 bits per heavy atom. The number of halogens is 3. The van der Waals surface area contributed by atoms with Crippen LogP contribution in [-0.2, 0) is 20.7 Å². The summed E-state index contributed by atoms with van der Waals surface area (Å²) in [5.41, 5.74) is 1.50. The van der Waals surface area contributed by atoms with Crippen molar-refractivity contribution in [3.63, 3.8) is 0 Å². The lowest BCUT2D eigenvalue weighted by Gasteiger charge is -2.07. The Bertz CT molecular complexity index is 807. The van der Waals surface area contributed by atoms with Gasteiger partial charge in [0.1, 0.15) is 5.82 Å². The minimum Gasteiger partial charge on any atom is -0.452 e. The maximum absolute atomic E-state index is 12.8. The largest absolute Gasteiger partial charge is 0.452 e. The molecule has 0 spiro atoms. The van der Waals surface area contributed by atoms with E-state index in [4.69, 9.17) is 27.9 Å². The Kier molecular flexibility index (Phi) is 7.63. The fraction of sp³-hybridized carbons (Fsp3) is 0.158. The number of rotatable bonds is 7. The van der Waals surface area contributed by atoms with Crippen molar-refractivity contribution in [1.82, 2.24) is 5.32 Å². The van der Waals surface area contributed by atoms with Crippen molar-refractivity contribution in [2.24, 2.45) is 0 Å². The molecule has 7 heteroatoms. The Morgan fingerprint density at radius 2 is 1.85 bits per heavy atom. The summed E-state index contributed by atoms with van der Waals surface area (Å²) in [5, 5.41) is 3.71. The topological polar surface area (TPSA) is 55.4 Å². The second kappa shape index (κ2) is 9.94. The standard InChI is InChI=1S/C19H16Cl2FNO3/c20-15-5-4-14(17(21)11-15)9-10-23-18(24)12-26-19(25)8-3-13-1-6-16(22)7-2-13/h1-8,11H,9-10,12H2,(H,23,24). The summed E-state index contributed by atoms with van der Waals surface area (Å²) in [6.45, 7) is -0.0376. The lowest BCUT2D eigenvalue weighted by atomic mass is 10.1. The number of hydrogen-bond acceptors (Lipinski definition) is 3. The Morgan fingerprint density at radius 3 is 2.54 bits per heavy atom. The number of hydrogen-bond donors (Lipinski definition) is 1. The zero-order valence-electron chi connectivity index (χ0n) is 13.7. The Balaban J connectivity index is 1.69. The zero-order valence-corrected chi connectivity index (χ0v) is 15.2. The lowest BCUT2D eigenvalue weighted by molar-refractivity contribution is -0.143. The molecule has 0 aliphatic carbocycles. The van der Waals surface area contributed by atoms with Crippen molar-refractivity contribution >= 4 is 41.2 Å². The van der Waals surface area contributed by atoms with Crippen LogP contribution in [0.2, 0.25) is 10.0 Å². The molecule has 0 aliphatic heterocycles. The zero-order chi connectivity index (χ0) is 18.9. The normalized spacial score (nSPS) is 10.7. The van der Waals surface area contributed by atoms with E-state index in [1.807, 2.05) is 0 Å². The average molecular weight is 396 g/mol. The van der Waals surface area contributed by atoms with E-state index in [0.717, 1.165) is 5.56 Å². The third-order valence-corrected chi connectivity index (χ3v) is 3.95. The fourth-order valence-corrected chi connectivity index (χ4v) is 2.54. The van der Waals surface area contributed by atoms with Gasteiger partial charge in [0, 0.05) is 22.7 Å². The van der Waals surface area contributed by atoms with Crippen molar-refractivity contribution in [3.8, 4) is 0 Å². The molecular weight excluding hydrogens is 380 g/mol. The predicted octanol–water partition coefficient (Wildman–Crippen LogP) is 4.05. The van der Waals surface area contributed by atoms with Crippen molar-refractivity contribution in [3.05, 3.63) is 75.5 Å². The summed E-state index contributed by atoms with van der Waals surface area (Å²) in [6, 6.07) is 10.8. The molecule has 1 N–H and O–H groups in total. The number of amides is 1. The summed E-state index contributed by atoms with van der Waals surface area (Å²) >= 11 is 11.9. The van der Waals surface area contributed by atoms with E-state index >= 15 is 0 Å². The van der Waals surface area contributed by atoms with E-state index in [-0.39, 0.29) is 12.4 Å². The van der Waals surface area contributed by atoms with Gasteiger partial charge in [-0.1, -0.05) is 41.4 Å². The van der Waals surface area contributed by atoms with E-state index in [0.29, 0.717) is 28.6 Å². The van der Waals surface area contributed by atoms with E-state index in [9.17, 15) is 14.0 Å². The smallest absolute Gasteiger partial charge is 0.331 e. The summed E-state index contributed by atoms with van der Waals surface area (Å²) in [7, 11) is 0. The molecule has 1 amide bonds. The highest BCUT2D eigenvalue weighted by Crippen LogP contribution is 2.21. The predicted molar refractivity (Wildman–Crippen MR) is 99.6 cm³/mol. The quantitative estimate of drug-likeness (QED) is 0.568. The van der Waals surface area contributed by atoms with Gasteiger partial charge in [0.15, 0.2) is 6.61 Å². The van der Waals surface area contributed by atoms with Gasteiger partial charge in [0.2, 0.25) is 0 Å². The fourth-order valence-electron chi connectivity index (χ4n) is 2.03. The SMILES string of the molecule is O=C(COC(=O)C=Cc1ccc(F)cc1)NCCc1ccc(Cl)cc1Cl. The van der Waals surface area contributed by atoms with E-state index in [1.165, 1.54) is 36.4 Å². The molecule has 2 rings (SSSR count). The molecule has 0 radical (unpaired) electrons. The van der Waals surface area contributed by atoms with Gasteiger partial charge < -0.3 is 10.1 Å². The van der Waals surface area contributed by atoms with Crippen molar-refractivity contribution < 1.29 is 18.7 Å². The van der Waals surface area contributed by atoms with Crippen LogP contribution >= 0.6 is 23.2 Å². The summed E-state index contributed by atoms with van der Waals surface area (Å²) in [4.78, 5) is 23.2. The molecule has 0 saturated carbocycles. The van der Waals surface area contributed by atoms with E-state index in [1.54, 1.807) is 18.2 Å². The first-order valence-corrected chi connectivity index (χ1v) is 8.50. The number of carbonyl (C=O) groups excluding carboxylic acids is 2. The molecule has 4 nitrogen and oxygen atoms in total. The van der Waals surface area contributed by atoms with Gasteiger partial charge in [-0.15, -0.1) is 0 Å². The van der Waals surface area contributed by atoms with Gasteiger partial charge in [-0.25, -0.2) is 9.18 Å². The van der Waals surface area contributed by atoms with Crippen LogP contribution in [-0.4, -0.2) is 25.0 Å². The van der Waals surface area contributed by atoms with Crippen LogP contribution in [0.4, 0.5) is 4.39 Å². The molecule has 2 aromatic carbocycles. The van der Waals surface area contributed by atoms with Crippen LogP contribution in [0.1, 0.15) is 11.1 Å². The van der Waals surface area contributed by atoms with Crippen LogP contribution in [0.15, 0.2) is 48.5 Å².